The Morgan fingerprint density at radius 1 is 1.00 bits per heavy atom. The zero-order valence-electron chi connectivity index (χ0n) is 18.9. The molecule has 2 amide bonds. The van der Waals surface area contributed by atoms with Gasteiger partial charge in [0, 0.05) is 26.2 Å². The van der Waals surface area contributed by atoms with Crippen LogP contribution in [0, 0.1) is 17.6 Å². The topological polar surface area (TPSA) is 64.1 Å². The number of carbonyl (C=O) groups is 2. The largest absolute Gasteiger partial charge is 0.340 e. The summed E-state index contributed by atoms with van der Waals surface area (Å²) >= 11 is 0. The number of piperazine rings is 1. The zero-order valence-corrected chi connectivity index (χ0v) is 18.9. The lowest BCUT2D eigenvalue weighted by molar-refractivity contribution is -0.157. The molecule has 0 spiro atoms. The molecule has 1 saturated heterocycles. The third kappa shape index (κ3) is 6.58. The lowest BCUT2D eigenvalue weighted by atomic mass is 9.95. The van der Waals surface area contributed by atoms with Crippen molar-refractivity contribution in [3.63, 3.8) is 0 Å². The predicted octanol–water partition coefficient (Wildman–Crippen LogP) is 3.85. The standard InChI is InChI=1S/C25H31F2N3O3/c1-2-3-4-21(17-30(33)18-31)25(32)29-15-13-28(14-16-29)24(19-5-9-22(26)10-6-19)20-7-11-23(27)12-8-20/h5-12,18,21,24,33H,2-4,13-17H2,1H3/t21-/m1/s1. The van der Waals surface area contributed by atoms with Gasteiger partial charge < -0.3 is 4.90 Å². The number of benzene rings is 2. The second kappa shape index (κ2) is 11.9. The van der Waals surface area contributed by atoms with E-state index in [1.807, 2.05) is 6.92 Å². The number of halogens is 2. The molecule has 1 atom stereocenters. The zero-order chi connectivity index (χ0) is 23.8. The van der Waals surface area contributed by atoms with Crippen LogP contribution in [-0.2, 0) is 9.59 Å². The van der Waals surface area contributed by atoms with Gasteiger partial charge in [0.15, 0.2) is 0 Å². The third-order valence-corrected chi connectivity index (χ3v) is 6.15. The maximum absolute atomic E-state index is 13.5. The molecule has 3 rings (SSSR count). The van der Waals surface area contributed by atoms with Crippen molar-refractivity contribution in [2.45, 2.75) is 32.2 Å². The Balaban J connectivity index is 1.73. The van der Waals surface area contributed by atoms with Gasteiger partial charge in [-0.15, -0.1) is 0 Å². The maximum Gasteiger partial charge on any atom is 0.233 e. The molecule has 178 valence electrons. The van der Waals surface area contributed by atoms with E-state index in [4.69, 9.17) is 0 Å². The van der Waals surface area contributed by atoms with E-state index < -0.39 is 5.92 Å². The van der Waals surface area contributed by atoms with E-state index in [9.17, 15) is 23.6 Å². The molecule has 6 nitrogen and oxygen atoms in total. The highest BCUT2D eigenvalue weighted by Crippen LogP contribution is 2.30. The summed E-state index contributed by atoms with van der Waals surface area (Å²) in [6.45, 7) is 4.17. The summed E-state index contributed by atoms with van der Waals surface area (Å²) in [4.78, 5) is 27.9. The number of hydrogen-bond donors (Lipinski definition) is 1. The van der Waals surface area contributed by atoms with Gasteiger partial charge in [-0.1, -0.05) is 44.0 Å². The van der Waals surface area contributed by atoms with Gasteiger partial charge >= 0.3 is 0 Å². The van der Waals surface area contributed by atoms with Crippen LogP contribution in [0.25, 0.3) is 0 Å². The Labute approximate surface area is 193 Å². The summed E-state index contributed by atoms with van der Waals surface area (Å²) in [6.07, 6.45) is 2.68. The first-order valence-electron chi connectivity index (χ1n) is 11.4. The number of amides is 2. The van der Waals surface area contributed by atoms with Gasteiger partial charge in [-0.05, 0) is 41.8 Å². The molecule has 0 aliphatic carbocycles. The van der Waals surface area contributed by atoms with E-state index in [2.05, 4.69) is 4.90 Å². The van der Waals surface area contributed by atoms with Crippen LogP contribution in [0.1, 0.15) is 43.4 Å². The highest BCUT2D eigenvalue weighted by molar-refractivity contribution is 5.79. The smallest absolute Gasteiger partial charge is 0.233 e. The summed E-state index contributed by atoms with van der Waals surface area (Å²) in [5.74, 6) is -1.16. The monoisotopic (exact) mass is 459 g/mol. The molecule has 0 radical (unpaired) electrons. The van der Waals surface area contributed by atoms with Crippen molar-refractivity contribution >= 4 is 12.3 Å². The molecule has 2 aromatic rings. The van der Waals surface area contributed by atoms with Gasteiger partial charge in [-0.25, -0.2) is 13.8 Å². The normalized spacial score (nSPS) is 15.5. The molecular formula is C25H31F2N3O3. The number of unbranched alkanes of at least 4 members (excludes halogenated alkanes) is 1. The van der Waals surface area contributed by atoms with Gasteiger partial charge in [0.05, 0.1) is 18.5 Å². The molecule has 33 heavy (non-hydrogen) atoms. The van der Waals surface area contributed by atoms with E-state index in [0.29, 0.717) is 44.1 Å². The molecular weight excluding hydrogens is 428 g/mol. The Bertz CT molecular complexity index is 855. The Kier molecular flexibility index (Phi) is 8.91. The molecule has 1 heterocycles. The van der Waals surface area contributed by atoms with Crippen molar-refractivity contribution in [2.24, 2.45) is 5.92 Å². The number of hydrogen-bond acceptors (Lipinski definition) is 4. The van der Waals surface area contributed by atoms with Crippen LogP contribution < -0.4 is 0 Å². The molecule has 0 saturated carbocycles. The molecule has 1 aliphatic rings. The van der Waals surface area contributed by atoms with Crippen LogP contribution >= 0.6 is 0 Å². The minimum Gasteiger partial charge on any atom is -0.340 e. The number of carbonyl (C=O) groups excluding carboxylic acids is 2. The summed E-state index contributed by atoms with van der Waals surface area (Å²) in [5.41, 5.74) is 1.79. The van der Waals surface area contributed by atoms with E-state index in [1.54, 1.807) is 29.2 Å². The molecule has 2 aromatic carbocycles. The molecule has 1 N–H and O–H groups in total. The lowest BCUT2D eigenvalue weighted by Crippen LogP contribution is -2.52. The first-order valence-corrected chi connectivity index (χ1v) is 11.4. The predicted molar refractivity (Wildman–Crippen MR) is 120 cm³/mol. The SMILES string of the molecule is CCCC[C@H](CN(O)C=O)C(=O)N1CCN(C(c2ccc(F)cc2)c2ccc(F)cc2)CC1. The van der Waals surface area contributed by atoms with Crippen molar-refractivity contribution in [1.29, 1.82) is 0 Å². The highest BCUT2D eigenvalue weighted by Gasteiger charge is 2.31. The van der Waals surface area contributed by atoms with Crippen LogP contribution in [0.4, 0.5) is 8.78 Å². The summed E-state index contributed by atoms with van der Waals surface area (Å²) < 4.78 is 27.0. The van der Waals surface area contributed by atoms with E-state index in [-0.39, 0.29) is 30.1 Å². The minimum absolute atomic E-state index is 0.0175. The number of nitrogens with zero attached hydrogens (tertiary/aromatic N) is 3. The van der Waals surface area contributed by atoms with Crippen LogP contribution in [-0.4, -0.2) is 65.1 Å². The molecule has 1 fully saturated rings. The van der Waals surface area contributed by atoms with Gasteiger partial charge in [-0.3, -0.25) is 19.7 Å². The average molecular weight is 460 g/mol. The quantitative estimate of drug-likeness (QED) is 0.333. The molecule has 1 aliphatic heterocycles. The first kappa shape index (κ1) is 24.8. The fourth-order valence-electron chi connectivity index (χ4n) is 4.38. The summed E-state index contributed by atoms with van der Waals surface area (Å²) in [7, 11) is 0. The molecule has 0 bridgehead atoms. The summed E-state index contributed by atoms with van der Waals surface area (Å²) in [5, 5.41) is 10.1. The lowest BCUT2D eigenvalue weighted by Gasteiger charge is -2.41. The number of hydroxylamine groups is 2. The van der Waals surface area contributed by atoms with E-state index in [0.717, 1.165) is 24.0 Å². The second-order valence-corrected chi connectivity index (χ2v) is 8.43. The van der Waals surface area contributed by atoms with Crippen molar-refractivity contribution in [2.75, 3.05) is 32.7 Å². The van der Waals surface area contributed by atoms with Gasteiger partial charge in [0.25, 0.3) is 0 Å². The van der Waals surface area contributed by atoms with Crippen LogP contribution in [0.5, 0.6) is 0 Å². The first-order chi connectivity index (χ1) is 15.9. The minimum atomic E-state index is -0.448. The van der Waals surface area contributed by atoms with Gasteiger partial charge in [0.1, 0.15) is 11.6 Å². The Morgan fingerprint density at radius 2 is 1.52 bits per heavy atom. The highest BCUT2D eigenvalue weighted by atomic mass is 19.1. The van der Waals surface area contributed by atoms with Crippen LogP contribution in [0.15, 0.2) is 48.5 Å². The molecule has 0 unspecified atom stereocenters. The summed E-state index contributed by atoms with van der Waals surface area (Å²) in [6, 6.07) is 12.4. The van der Waals surface area contributed by atoms with Crippen LogP contribution in [0.2, 0.25) is 0 Å². The third-order valence-electron chi connectivity index (χ3n) is 6.15. The second-order valence-electron chi connectivity index (χ2n) is 8.43. The number of rotatable bonds is 10. The van der Waals surface area contributed by atoms with Gasteiger partial charge in [0.2, 0.25) is 12.3 Å². The van der Waals surface area contributed by atoms with Crippen molar-refractivity contribution in [3.8, 4) is 0 Å². The fourth-order valence-corrected chi connectivity index (χ4v) is 4.38. The van der Waals surface area contributed by atoms with E-state index in [1.165, 1.54) is 24.3 Å². The Hall–Kier alpha value is -2.84. The van der Waals surface area contributed by atoms with Gasteiger partial charge in [-0.2, -0.15) is 0 Å². The fraction of sp³-hybridized carbons (Fsp3) is 0.440. The van der Waals surface area contributed by atoms with E-state index >= 15 is 0 Å². The van der Waals surface area contributed by atoms with Crippen molar-refractivity contribution < 1.29 is 23.6 Å². The van der Waals surface area contributed by atoms with Crippen molar-refractivity contribution in [3.05, 3.63) is 71.3 Å². The Morgan fingerprint density at radius 3 is 1.97 bits per heavy atom. The maximum atomic E-state index is 13.5. The van der Waals surface area contributed by atoms with Crippen LogP contribution in [0.3, 0.4) is 0 Å². The average Bonchev–Trinajstić information content (AvgIpc) is 2.84. The molecule has 8 heteroatoms. The molecule has 0 aromatic heterocycles. The van der Waals surface area contributed by atoms with Crippen molar-refractivity contribution in [1.82, 2.24) is 14.9 Å².